The van der Waals surface area contributed by atoms with Crippen LogP contribution in [-0.2, 0) is 0 Å². The molecule has 0 radical (unpaired) electrons. The molecular formula is C11H8ClN3S2. The van der Waals surface area contributed by atoms with E-state index in [4.69, 9.17) is 17.3 Å². The van der Waals surface area contributed by atoms with Gasteiger partial charge in [0.1, 0.15) is 0 Å². The van der Waals surface area contributed by atoms with Crippen molar-refractivity contribution < 1.29 is 0 Å². The molecule has 17 heavy (non-hydrogen) atoms. The Labute approximate surface area is 111 Å². The average Bonchev–Trinajstić information content (AvgIpc) is 2.97. The first-order chi connectivity index (χ1) is 8.25. The smallest absolute Gasteiger partial charge is 0.154 e. The monoisotopic (exact) mass is 281 g/mol. The van der Waals surface area contributed by atoms with E-state index in [0.717, 1.165) is 25.3 Å². The van der Waals surface area contributed by atoms with Crippen molar-refractivity contribution in [1.29, 1.82) is 0 Å². The number of aromatic amines is 1. The SMILES string of the molecule is Nc1n[nH]c(-c2ccc(Cl)s2)c1-c1cccs1. The van der Waals surface area contributed by atoms with Crippen LogP contribution < -0.4 is 5.73 Å². The number of rotatable bonds is 2. The first-order valence-corrected chi connectivity index (χ1v) is 6.96. The zero-order valence-corrected chi connectivity index (χ0v) is 11.0. The number of anilines is 1. The van der Waals surface area contributed by atoms with Gasteiger partial charge in [-0.3, -0.25) is 5.10 Å². The lowest BCUT2D eigenvalue weighted by Gasteiger charge is -1.98. The summed E-state index contributed by atoms with van der Waals surface area (Å²) in [6.07, 6.45) is 0. The molecule has 3 nitrogen and oxygen atoms in total. The Morgan fingerprint density at radius 2 is 2.12 bits per heavy atom. The van der Waals surface area contributed by atoms with E-state index in [9.17, 15) is 0 Å². The van der Waals surface area contributed by atoms with E-state index in [1.165, 1.54) is 11.3 Å². The highest BCUT2D eigenvalue weighted by Crippen LogP contribution is 2.40. The summed E-state index contributed by atoms with van der Waals surface area (Å²) in [5.41, 5.74) is 7.80. The molecule has 0 aliphatic heterocycles. The predicted octanol–water partition coefficient (Wildman–Crippen LogP) is 4.10. The van der Waals surface area contributed by atoms with Gasteiger partial charge in [0.15, 0.2) is 5.82 Å². The number of nitrogens with zero attached hydrogens (tertiary/aromatic N) is 1. The quantitative estimate of drug-likeness (QED) is 0.743. The van der Waals surface area contributed by atoms with Crippen LogP contribution >= 0.6 is 34.3 Å². The van der Waals surface area contributed by atoms with Crippen LogP contribution in [0, 0.1) is 0 Å². The van der Waals surface area contributed by atoms with Crippen molar-refractivity contribution in [3.05, 3.63) is 34.0 Å². The van der Waals surface area contributed by atoms with E-state index >= 15 is 0 Å². The number of hydrogen-bond donors (Lipinski definition) is 2. The maximum absolute atomic E-state index is 5.95. The summed E-state index contributed by atoms with van der Waals surface area (Å²) in [6.45, 7) is 0. The summed E-state index contributed by atoms with van der Waals surface area (Å²) >= 11 is 9.10. The van der Waals surface area contributed by atoms with Crippen LogP contribution in [0.2, 0.25) is 4.34 Å². The Morgan fingerprint density at radius 3 is 2.76 bits per heavy atom. The van der Waals surface area contributed by atoms with Crippen LogP contribution in [0.15, 0.2) is 29.6 Å². The molecule has 0 aromatic carbocycles. The van der Waals surface area contributed by atoms with Gasteiger partial charge in [0, 0.05) is 4.88 Å². The summed E-state index contributed by atoms with van der Waals surface area (Å²) in [6, 6.07) is 7.87. The number of nitrogens with one attached hydrogen (secondary N) is 1. The van der Waals surface area contributed by atoms with E-state index in [1.54, 1.807) is 11.3 Å². The highest BCUT2D eigenvalue weighted by atomic mass is 35.5. The number of H-pyrrole nitrogens is 1. The van der Waals surface area contributed by atoms with Crippen molar-refractivity contribution in [2.45, 2.75) is 0 Å². The second-order valence-electron chi connectivity index (χ2n) is 3.44. The molecule has 3 N–H and O–H groups in total. The Bertz CT molecular complexity index is 640. The predicted molar refractivity (Wildman–Crippen MR) is 74.6 cm³/mol. The molecule has 0 aliphatic rings. The normalized spacial score (nSPS) is 10.9. The van der Waals surface area contributed by atoms with Crippen LogP contribution in [0.5, 0.6) is 0 Å². The van der Waals surface area contributed by atoms with Crippen molar-refractivity contribution in [2.75, 3.05) is 5.73 Å². The molecule has 0 aliphatic carbocycles. The lowest BCUT2D eigenvalue weighted by molar-refractivity contribution is 1.11. The highest BCUT2D eigenvalue weighted by Gasteiger charge is 2.16. The van der Waals surface area contributed by atoms with Gasteiger partial charge in [-0.2, -0.15) is 5.10 Å². The number of nitrogen functional groups attached to an aromatic ring is 1. The zero-order valence-electron chi connectivity index (χ0n) is 8.61. The van der Waals surface area contributed by atoms with Gasteiger partial charge in [-0.25, -0.2) is 0 Å². The first-order valence-electron chi connectivity index (χ1n) is 4.89. The molecule has 3 aromatic rings. The number of nitrogens with two attached hydrogens (primary N) is 1. The van der Waals surface area contributed by atoms with Gasteiger partial charge >= 0.3 is 0 Å². The summed E-state index contributed by atoms with van der Waals surface area (Å²) in [7, 11) is 0. The van der Waals surface area contributed by atoms with Gasteiger partial charge in [-0.05, 0) is 23.6 Å². The fraction of sp³-hybridized carbons (Fsp3) is 0. The van der Waals surface area contributed by atoms with E-state index < -0.39 is 0 Å². The minimum absolute atomic E-state index is 0.520. The number of thiophene rings is 2. The maximum atomic E-state index is 5.95. The maximum Gasteiger partial charge on any atom is 0.154 e. The zero-order chi connectivity index (χ0) is 11.8. The average molecular weight is 282 g/mol. The summed E-state index contributed by atoms with van der Waals surface area (Å²) in [4.78, 5) is 2.15. The Hall–Kier alpha value is -1.30. The topological polar surface area (TPSA) is 54.7 Å². The van der Waals surface area contributed by atoms with E-state index in [2.05, 4.69) is 10.2 Å². The van der Waals surface area contributed by atoms with Gasteiger partial charge in [0.2, 0.25) is 0 Å². The molecule has 0 atom stereocenters. The molecule has 3 heterocycles. The summed E-state index contributed by atoms with van der Waals surface area (Å²) in [5.74, 6) is 0.520. The molecule has 6 heteroatoms. The van der Waals surface area contributed by atoms with Crippen LogP contribution in [-0.4, -0.2) is 10.2 Å². The van der Waals surface area contributed by atoms with Gasteiger partial charge in [-0.15, -0.1) is 22.7 Å². The van der Waals surface area contributed by atoms with Crippen molar-refractivity contribution in [3.63, 3.8) is 0 Å². The largest absolute Gasteiger partial charge is 0.382 e. The molecule has 86 valence electrons. The Morgan fingerprint density at radius 1 is 1.24 bits per heavy atom. The standard InChI is InChI=1S/C11H8ClN3S2/c12-8-4-3-7(17-8)10-9(11(13)15-14-10)6-2-1-5-16-6/h1-5H,(H3,13,14,15). The van der Waals surface area contributed by atoms with E-state index in [-0.39, 0.29) is 0 Å². The van der Waals surface area contributed by atoms with Crippen LogP contribution in [0.3, 0.4) is 0 Å². The van der Waals surface area contributed by atoms with E-state index in [1.807, 2.05) is 29.6 Å². The van der Waals surface area contributed by atoms with Crippen LogP contribution in [0.1, 0.15) is 0 Å². The molecule has 0 amide bonds. The third-order valence-corrected chi connectivity index (χ3v) is 4.52. The molecule has 0 unspecified atom stereocenters. The first kappa shape index (κ1) is 10.8. The van der Waals surface area contributed by atoms with Crippen molar-refractivity contribution in [3.8, 4) is 21.0 Å². The molecule has 0 bridgehead atoms. The lowest BCUT2D eigenvalue weighted by Crippen LogP contribution is -1.86. The molecule has 0 spiro atoms. The molecular weight excluding hydrogens is 274 g/mol. The minimum atomic E-state index is 0.520. The van der Waals surface area contributed by atoms with Crippen LogP contribution in [0.4, 0.5) is 5.82 Å². The Kier molecular flexibility index (Phi) is 2.66. The fourth-order valence-corrected chi connectivity index (χ4v) is 3.48. The highest BCUT2D eigenvalue weighted by molar-refractivity contribution is 7.19. The number of aromatic nitrogens is 2. The van der Waals surface area contributed by atoms with Crippen molar-refractivity contribution in [2.24, 2.45) is 0 Å². The Balaban J connectivity index is 2.19. The lowest BCUT2D eigenvalue weighted by atomic mass is 10.1. The molecule has 0 saturated carbocycles. The van der Waals surface area contributed by atoms with Crippen molar-refractivity contribution in [1.82, 2.24) is 10.2 Å². The summed E-state index contributed by atoms with van der Waals surface area (Å²) in [5, 5.41) is 9.08. The number of halogens is 1. The van der Waals surface area contributed by atoms with Gasteiger partial charge < -0.3 is 5.73 Å². The fourth-order valence-electron chi connectivity index (χ4n) is 1.65. The minimum Gasteiger partial charge on any atom is -0.382 e. The molecule has 3 aromatic heterocycles. The third-order valence-electron chi connectivity index (χ3n) is 2.38. The summed E-state index contributed by atoms with van der Waals surface area (Å²) < 4.78 is 0.755. The number of hydrogen-bond acceptors (Lipinski definition) is 4. The molecule has 3 rings (SSSR count). The van der Waals surface area contributed by atoms with Gasteiger partial charge in [-0.1, -0.05) is 17.7 Å². The van der Waals surface area contributed by atoms with Crippen LogP contribution in [0.25, 0.3) is 21.0 Å². The van der Waals surface area contributed by atoms with Crippen molar-refractivity contribution >= 4 is 40.1 Å². The molecule has 0 saturated heterocycles. The second-order valence-corrected chi connectivity index (χ2v) is 6.10. The van der Waals surface area contributed by atoms with Gasteiger partial charge in [0.05, 0.1) is 20.5 Å². The molecule has 0 fully saturated rings. The second kappa shape index (κ2) is 4.18. The van der Waals surface area contributed by atoms with E-state index in [0.29, 0.717) is 5.82 Å². The third kappa shape index (κ3) is 1.86. The van der Waals surface area contributed by atoms with Gasteiger partial charge in [0.25, 0.3) is 0 Å².